The van der Waals surface area contributed by atoms with E-state index in [2.05, 4.69) is 22.3 Å². The van der Waals surface area contributed by atoms with E-state index in [-0.39, 0.29) is 23.5 Å². The number of likely N-dealkylation sites (tertiary alicyclic amines) is 1. The molecule has 5 nitrogen and oxygen atoms in total. The van der Waals surface area contributed by atoms with Gasteiger partial charge < -0.3 is 5.32 Å². The lowest BCUT2D eigenvalue weighted by Gasteiger charge is -2.28. The monoisotopic (exact) mass is 336 g/mol. The number of hydrogen-bond donors (Lipinski definition) is 1. The molecule has 2 saturated heterocycles. The zero-order chi connectivity index (χ0) is 16.5. The van der Waals surface area contributed by atoms with Gasteiger partial charge in [0.1, 0.15) is 0 Å². The first-order chi connectivity index (χ1) is 10.9. The van der Waals surface area contributed by atoms with Gasteiger partial charge >= 0.3 is 0 Å². The SMILES string of the molecule is C[C@]1(NC(=O)CN2CCC[C@H]2c2ccccc2)CCS(=O)(=O)C1. The molecule has 0 bridgehead atoms. The first kappa shape index (κ1) is 16.5. The second kappa shape index (κ2) is 6.24. The molecule has 0 spiro atoms. The molecule has 1 aromatic carbocycles. The van der Waals surface area contributed by atoms with Gasteiger partial charge in [-0.25, -0.2) is 8.42 Å². The van der Waals surface area contributed by atoms with Gasteiger partial charge in [0.15, 0.2) is 9.84 Å². The van der Waals surface area contributed by atoms with Gasteiger partial charge in [-0.2, -0.15) is 0 Å². The molecular formula is C17H24N2O3S. The Hall–Kier alpha value is -1.40. The summed E-state index contributed by atoms with van der Waals surface area (Å²) in [6, 6.07) is 10.5. The molecular weight excluding hydrogens is 312 g/mol. The first-order valence-electron chi connectivity index (χ1n) is 8.17. The van der Waals surface area contributed by atoms with Crippen LogP contribution in [0.3, 0.4) is 0 Å². The predicted octanol–water partition coefficient (Wildman–Crippen LogP) is 1.52. The predicted molar refractivity (Wildman–Crippen MR) is 89.8 cm³/mol. The lowest BCUT2D eigenvalue weighted by Crippen LogP contribution is -2.50. The van der Waals surface area contributed by atoms with Crippen LogP contribution in [0, 0.1) is 0 Å². The molecule has 3 rings (SSSR count). The lowest BCUT2D eigenvalue weighted by molar-refractivity contribution is -0.124. The summed E-state index contributed by atoms with van der Waals surface area (Å²) in [6.07, 6.45) is 2.64. The quantitative estimate of drug-likeness (QED) is 0.905. The maximum Gasteiger partial charge on any atom is 0.234 e. The van der Waals surface area contributed by atoms with Crippen LogP contribution >= 0.6 is 0 Å². The third-order valence-corrected chi connectivity index (χ3v) is 6.74. The molecule has 23 heavy (non-hydrogen) atoms. The van der Waals surface area contributed by atoms with E-state index >= 15 is 0 Å². The minimum atomic E-state index is -3.01. The van der Waals surface area contributed by atoms with Crippen LogP contribution in [-0.2, 0) is 14.6 Å². The van der Waals surface area contributed by atoms with Crippen molar-refractivity contribution in [2.75, 3.05) is 24.6 Å². The molecule has 0 aliphatic carbocycles. The summed E-state index contributed by atoms with van der Waals surface area (Å²) in [4.78, 5) is 14.6. The van der Waals surface area contributed by atoms with Gasteiger partial charge in [-0.3, -0.25) is 9.69 Å². The van der Waals surface area contributed by atoms with Crippen LogP contribution < -0.4 is 5.32 Å². The molecule has 0 aromatic heterocycles. The number of carbonyl (C=O) groups excluding carboxylic acids is 1. The highest BCUT2D eigenvalue weighted by molar-refractivity contribution is 7.91. The molecule has 2 aliphatic heterocycles. The number of hydrogen-bond acceptors (Lipinski definition) is 4. The molecule has 1 N–H and O–H groups in total. The van der Waals surface area contributed by atoms with Crippen LogP contribution in [0.2, 0.25) is 0 Å². The smallest absolute Gasteiger partial charge is 0.234 e. The number of carbonyl (C=O) groups is 1. The molecule has 6 heteroatoms. The van der Waals surface area contributed by atoms with Gasteiger partial charge in [0, 0.05) is 6.04 Å². The van der Waals surface area contributed by atoms with E-state index in [0.29, 0.717) is 13.0 Å². The summed E-state index contributed by atoms with van der Waals surface area (Å²) in [7, 11) is -3.01. The highest BCUT2D eigenvalue weighted by Gasteiger charge is 2.40. The van der Waals surface area contributed by atoms with Crippen LogP contribution in [0.15, 0.2) is 30.3 Å². The Bertz CT molecular complexity index is 674. The molecule has 2 atom stereocenters. The fourth-order valence-electron chi connectivity index (χ4n) is 3.74. The Morgan fingerprint density at radius 1 is 1.35 bits per heavy atom. The summed E-state index contributed by atoms with van der Waals surface area (Å²) in [5.41, 5.74) is 0.630. The van der Waals surface area contributed by atoms with Gasteiger partial charge in [-0.15, -0.1) is 0 Å². The fourth-order valence-corrected chi connectivity index (χ4v) is 5.83. The van der Waals surface area contributed by atoms with E-state index in [4.69, 9.17) is 0 Å². The molecule has 0 saturated carbocycles. The van der Waals surface area contributed by atoms with E-state index in [1.807, 2.05) is 25.1 Å². The minimum absolute atomic E-state index is 0.0495. The van der Waals surface area contributed by atoms with Crippen molar-refractivity contribution in [3.05, 3.63) is 35.9 Å². The van der Waals surface area contributed by atoms with Crippen molar-refractivity contribution in [3.63, 3.8) is 0 Å². The number of sulfone groups is 1. The van der Waals surface area contributed by atoms with Gasteiger partial charge in [0.25, 0.3) is 0 Å². The van der Waals surface area contributed by atoms with Crippen molar-refractivity contribution in [1.29, 1.82) is 0 Å². The summed E-state index contributed by atoms with van der Waals surface area (Å²) >= 11 is 0. The Morgan fingerprint density at radius 3 is 2.74 bits per heavy atom. The van der Waals surface area contributed by atoms with Gasteiger partial charge in [-0.1, -0.05) is 30.3 Å². The standard InChI is InChI=1S/C17H24N2O3S/c1-17(9-11-23(21,22)13-17)18-16(20)12-19-10-5-8-15(19)14-6-3-2-4-7-14/h2-4,6-7,15H,5,8-13H2,1H3,(H,18,20)/t15-,17-/m0/s1. The third-order valence-electron chi connectivity index (χ3n) is 4.84. The Morgan fingerprint density at radius 2 is 2.09 bits per heavy atom. The van der Waals surface area contributed by atoms with Crippen LogP contribution in [0.4, 0.5) is 0 Å². The molecule has 1 aromatic rings. The Kier molecular flexibility index (Phi) is 4.47. The van der Waals surface area contributed by atoms with Crippen LogP contribution in [0.1, 0.15) is 37.8 Å². The van der Waals surface area contributed by atoms with Gasteiger partial charge in [0.05, 0.1) is 23.6 Å². The number of benzene rings is 1. The number of amides is 1. The normalized spacial score (nSPS) is 30.4. The van der Waals surface area contributed by atoms with Crippen molar-refractivity contribution >= 4 is 15.7 Å². The first-order valence-corrected chi connectivity index (χ1v) is 10.00. The number of nitrogens with one attached hydrogen (secondary N) is 1. The van der Waals surface area contributed by atoms with Crippen molar-refractivity contribution in [3.8, 4) is 0 Å². The number of nitrogens with zero attached hydrogens (tertiary/aromatic N) is 1. The molecule has 0 unspecified atom stereocenters. The average Bonchev–Trinajstić information content (AvgIpc) is 3.04. The fraction of sp³-hybridized carbons (Fsp3) is 0.588. The maximum absolute atomic E-state index is 12.4. The second-order valence-electron chi connectivity index (χ2n) is 6.99. The van der Waals surface area contributed by atoms with Crippen LogP contribution in [0.25, 0.3) is 0 Å². The lowest BCUT2D eigenvalue weighted by atomic mass is 10.0. The van der Waals surface area contributed by atoms with Crippen molar-refractivity contribution in [2.45, 2.75) is 37.8 Å². The second-order valence-corrected chi connectivity index (χ2v) is 9.17. The topological polar surface area (TPSA) is 66.5 Å². The van der Waals surface area contributed by atoms with Crippen LogP contribution in [0.5, 0.6) is 0 Å². The van der Waals surface area contributed by atoms with Gasteiger partial charge in [-0.05, 0) is 38.3 Å². The summed E-state index contributed by atoms with van der Waals surface area (Å²) in [6.45, 7) is 3.06. The molecule has 2 heterocycles. The molecule has 2 fully saturated rings. The summed E-state index contributed by atoms with van der Waals surface area (Å²) < 4.78 is 23.3. The van der Waals surface area contributed by atoms with Gasteiger partial charge in [0.2, 0.25) is 5.91 Å². The van der Waals surface area contributed by atoms with Crippen molar-refractivity contribution in [2.24, 2.45) is 0 Å². The maximum atomic E-state index is 12.4. The Balaban J connectivity index is 1.61. The zero-order valence-electron chi connectivity index (χ0n) is 13.5. The Labute approximate surface area is 138 Å². The average molecular weight is 336 g/mol. The zero-order valence-corrected chi connectivity index (χ0v) is 14.3. The highest BCUT2D eigenvalue weighted by atomic mass is 32.2. The molecule has 1 amide bonds. The highest BCUT2D eigenvalue weighted by Crippen LogP contribution is 2.31. The largest absolute Gasteiger partial charge is 0.349 e. The minimum Gasteiger partial charge on any atom is -0.349 e. The van der Waals surface area contributed by atoms with Crippen LogP contribution in [-0.4, -0.2) is 49.4 Å². The molecule has 2 aliphatic rings. The van der Waals surface area contributed by atoms with E-state index in [0.717, 1.165) is 19.4 Å². The van der Waals surface area contributed by atoms with Crippen molar-refractivity contribution in [1.82, 2.24) is 10.2 Å². The number of rotatable bonds is 4. The summed E-state index contributed by atoms with van der Waals surface area (Å²) in [5.74, 6) is 0.140. The van der Waals surface area contributed by atoms with E-state index in [9.17, 15) is 13.2 Å². The van der Waals surface area contributed by atoms with E-state index in [1.165, 1.54) is 5.56 Å². The third kappa shape index (κ3) is 3.93. The molecule has 126 valence electrons. The molecule has 0 radical (unpaired) electrons. The van der Waals surface area contributed by atoms with Crippen molar-refractivity contribution < 1.29 is 13.2 Å². The van der Waals surface area contributed by atoms with E-state index in [1.54, 1.807) is 0 Å². The summed E-state index contributed by atoms with van der Waals surface area (Å²) in [5, 5.41) is 2.95. The van der Waals surface area contributed by atoms with E-state index < -0.39 is 15.4 Å².